The van der Waals surface area contributed by atoms with Gasteiger partial charge in [-0.1, -0.05) is 76.7 Å². The molecule has 0 atom stereocenters. The van der Waals surface area contributed by atoms with Crippen LogP contribution in [0.2, 0.25) is 20.1 Å². The van der Waals surface area contributed by atoms with Crippen LogP contribution in [0.3, 0.4) is 0 Å². The molecule has 0 aliphatic rings. The van der Waals surface area contributed by atoms with E-state index < -0.39 is 0 Å². The third-order valence-electron chi connectivity index (χ3n) is 2.70. The summed E-state index contributed by atoms with van der Waals surface area (Å²) < 4.78 is 0. The molecule has 0 N–H and O–H groups in total. The van der Waals surface area contributed by atoms with E-state index in [2.05, 4.69) is 12.1 Å². The lowest BCUT2D eigenvalue weighted by Crippen LogP contribution is -1.93. The molecule has 0 aromatic heterocycles. The van der Waals surface area contributed by atoms with Gasteiger partial charge in [-0.05, 0) is 30.0 Å². The van der Waals surface area contributed by atoms with Crippen LogP contribution in [-0.2, 0) is 12.8 Å². The monoisotopic (exact) mass is 318 g/mol. The first-order chi connectivity index (χ1) is 8.59. The molecule has 0 fully saturated rings. The fourth-order valence-corrected chi connectivity index (χ4v) is 2.67. The zero-order valence-corrected chi connectivity index (χ0v) is 12.4. The molecule has 0 radical (unpaired) electrons. The van der Waals surface area contributed by atoms with Gasteiger partial charge in [-0.2, -0.15) is 0 Å². The largest absolute Gasteiger partial charge is 0.0826 e. The minimum Gasteiger partial charge on any atom is -0.0826 e. The maximum absolute atomic E-state index is 6.16. The average molecular weight is 320 g/mol. The molecule has 0 aliphatic heterocycles. The first kappa shape index (κ1) is 14.0. The minimum atomic E-state index is 0.312. The Morgan fingerprint density at radius 1 is 0.722 bits per heavy atom. The summed E-state index contributed by atoms with van der Waals surface area (Å²) in [6, 6.07) is 11.9. The summed E-state index contributed by atoms with van der Waals surface area (Å²) in [5.41, 5.74) is 2.16. The van der Waals surface area contributed by atoms with Crippen molar-refractivity contribution in [2.45, 2.75) is 12.8 Å². The summed E-state index contributed by atoms with van der Waals surface area (Å²) in [6.07, 6.45) is 1.66. The van der Waals surface area contributed by atoms with Crippen LogP contribution in [0.15, 0.2) is 36.4 Å². The molecule has 2 rings (SSSR count). The van der Waals surface area contributed by atoms with Crippen molar-refractivity contribution in [1.82, 2.24) is 0 Å². The van der Waals surface area contributed by atoms with E-state index in [-0.39, 0.29) is 0 Å². The van der Waals surface area contributed by atoms with E-state index in [0.717, 1.165) is 18.4 Å². The van der Waals surface area contributed by atoms with Gasteiger partial charge in [0.25, 0.3) is 0 Å². The lowest BCUT2D eigenvalue weighted by molar-refractivity contribution is 0.961. The smallest absolute Gasteiger partial charge is 0.0796 e. The van der Waals surface area contributed by atoms with Gasteiger partial charge in [0.2, 0.25) is 0 Å². The van der Waals surface area contributed by atoms with Crippen LogP contribution in [0.1, 0.15) is 11.1 Å². The standard InChI is InChI=1S/C14H10Cl4/c15-11-8-10(12(16)14(18)13(11)17)7-6-9-4-2-1-3-5-9/h1-5,8H,6-7H2. The molecule has 0 nitrogen and oxygen atoms in total. The third-order valence-corrected chi connectivity index (χ3v) is 4.49. The van der Waals surface area contributed by atoms with Gasteiger partial charge in [0.15, 0.2) is 0 Å². The predicted octanol–water partition coefficient (Wildman–Crippen LogP) is 6.09. The zero-order valence-electron chi connectivity index (χ0n) is 9.39. The van der Waals surface area contributed by atoms with Crippen molar-refractivity contribution in [3.63, 3.8) is 0 Å². The normalized spacial score (nSPS) is 10.7. The van der Waals surface area contributed by atoms with Crippen LogP contribution in [0.5, 0.6) is 0 Å². The Morgan fingerprint density at radius 2 is 1.39 bits per heavy atom. The predicted molar refractivity (Wildman–Crippen MR) is 80.3 cm³/mol. The Balaban J connectivity index is 2.20. The van der Waals surface area contributed by atoms with Crippen LogP contribution in [-0.4, -0.2) is 0 Å². The first-order valence-corrected chi connectivity index (χ1v) is 6.96. The van der Waals surface area contributed by atoms with E-state index in [1.807, 2.05) is 18.2 Å². The van der Waals surface area contributed by atoms with Gasteiger partial charge < -0.3 is 0 Å². The first-order valence-electron chi connectivity index (χ1n) is 5.45. The number of rotatable bonds is 3. The fourth-order valence-electron chi connectivity index (χ4n) is 1.73. The second-order valence-electron chi connectivity index (χ2n) is 3.95. The number of aryl methyl sites for hydroxylation is 2. The third kappa shape index (κ3) is 3.13. The van der Waals surface area contributed by atoms with E-state index in [9.17, 15) is 0 Å². The highest BCUT2D eigenvalue weighted by Gasteiger charge is 2.12. The lowest BCUT2D eigenvalue weighted by atomic mass is 10.0. The minimum absolute atomic E-state index is 0.312. The van der Waals surface area contributed by atoms with Crippen LogP contribution in [0, 0.1) is 0 Å². The van der Waals surface area contributed by atoms with Crippen LogP contribution < -0.4 is 0 Å². The van der Waals surface area contributed by atoms with Gasteiger partial charge in [-0.15, -0.1) is 0 Å². The number of benzene rings is 2. The Hall–Kier alpha value is -0.400. The molecular formula is C14H10Cl4. The topological polar surface area (TPSA) is 0 Å². The Kier molecular flexibility index (Phi) is 4.80. The molecule has 2 aromatic rings. The van der Waals surface area contributed by atoms with Crippen molar-refractivity contribution in [3.05, 3.63) is 67.6 Å². The van der Waals surface area contributed by atoms with Crippen molar-refractivity contribution in [3.8, 4) is 0 Å². The lowest BCUT2D eigenvalue weighted by Gasteiger charge is -2.09. The highest BCUT2D eigenvalue weighted by molar-refractivity contribution is 6.51. The molecule has 0 amide bonds. The summed E-state index contributed by atoms with van der Waals surface area (Å²) in [5.74, 6) is 0. The van der Waals surface area contributed by atoms with Crippen molar-refractivity contribution < 1.29 is 0 Å². The summed E-state index contributed by atoms with van der Waals surface area (Å²) in [6.45, 7) is 0. The Morgan fingerprint density at radius 3 is 2.06 bits per heavy atom. The number of hydrogen-bond donors (Lipinski definition) is 0. The highest BCUT2D eigenvalue weighted by Crippen LogP contribution is 2.38. The SMILES string of the molecule is Clc1cc(CCc2ccccc2)c(Cl)c(Cl)c1Cl. The quantitative estimate of drug-likeness (QED) is 0.474. The fraction of sp³-hybridized carbons (Fsp3) is 0.143. The number of halogens is 4. The molecule has 0 saturated heterocycles. The molecule has 0 saturated carbocycles. The van der Waals surface area contributed by atoms with Crippen molar-refractivity contribution in [2.24, 2.45) is 0 Å². The molecular weight excluding hydrogens is 310 g/mol. The second kappa shape index (κ2) is 6.16. The summed E-state index contributed by atoms with van der Waals surface area (Å²) in [7, 11) is 0. The van der Waals surface area contributed by atoms with E-state index in [1.54, 1.807) is 6.07 Å². The van der Waals surface area contributed by atoms with Crippen molar-refractivity contribution in [2.75, 3.05) is 0 Å². The molecule has 0 aliphatic carbocycles. The molecule has 0 unspecified atom stereocenters. The van der Waals surface area contributed by atoms with E-state index in [1.165, 1.54) is 5.56 Å². The number of hydrogen-bond acceptors (Lipinski definition) is 0. The van der Waals surface area contributed by atoms with E-state index >= 15 is 0 Å². The van der Waals surface area contributed by atoms with Crippen LogP contribution in [0.4, 0.5) is 0 Å². The van der Waals surface area contributed by atoms with Crippen molar-refractivity contribution in [1.29, 1.82) is 0 Å². The molecule has 4 heteroatoms. The molecule has 18 heavy (non-hydrogen) atoms. The zero-order chi connectivity index (χ0) is 13.1. The van der Waals surface area contributed by atoms with E-state index in [4.69, 9.17) is 46.4 Å². The van der Waals surface area contributed by atoms with Crippen LogP contribution >= 0.6 is 46.4 Å². The van der Waals surface area contributed by atoms with Gasteiger partial charge in [-0.25, -0.2) is 0 Å². The van der Waals surface area contributed by atoms with Gasteiger partial charge in [0.05, 0.1) is 20.1 Å². The molecule has 2 aromatic carbocycles. The molecule has 0 bridgehead atoms. The maximum Gasteiger partial charge on any atom is 0.0796 e. The molecule has 94 valence electrons. The Labute approximate surface area is 126 Å². The van der Waals surface area contributed by atoms with Gasteiger partial charge >= 0.3 is 0 Å². The second-order valence-corrected chi connectivity index (χ2v) is 5.49. The van der Waals surface area contributed by atoms with Gasteiger partial charge in [-0.3, -0.25) is 0 Å². The van der Waals surface area contributed by atoms with E-state index in [0.29, 0.717) is 20.1 Å². The molecule has 0 heterocycles. The van der Waals surface area contributed by atoms with Crippen LogP contribution in [0.25, 0.3) is 0 Å². The van der Waals surface area contributed by atoms with Gasteiger partial charge in [0.1, 0.15) is 0 Å². The average Bonchev–Trinajstić information content (AvgIpc) is 2.40. The van der Waals surface area contributed by atoms with Gasteiger partial charge in [0, 0.05) is 0 Å². The summed E-state index contributed by atoms with van der Waals surface area (Å²) >= 11 is 24.1. The Bertz CT molecular complexity index is 549. The summed E-state index contributed by atoms with van der Waals surface area (Å²) in [5, 5.41) is 1.57. The summed E-state index contributed by atoms with van der Waals surface area (Å²) in [4.78, 5) is 0. The maximum atomic E-state index is 6.16. The molecule has 0 spiro atoms. The highest BCUT2D eigenvalue weighted by atomic mass is 35.5. The van der Waals surface area contributed by atoms with Crippen molar-refractivity contribution >= 4 is 46.4 Å².